The number of benzene rings is 1. The van der Waals surface area contributed by atoms with E-state index in [9.17, 15) is 14.0 Å². The van der Waals surface area contributed by atoms with Gasteiger partial charge >= 0.3 is 11.9 Å². The van der Waals surface area contributed by atoms with E-state index in [4.69, 9.17) is 10.2 Å². The van der Waals surface area contributed by atoms with Gasteiger partial charge in [-0.15, -0.1) is 0 Å². The number of carbonyl (C=O) groups is 2. The minimum Gasteiger partial charge on any atom is -0.478 e. The van der Waals surface area contributed by atoms with Crippen molar-refractivity contribution in [1.82, 2.24) is 9.80 Å². The summed E-state index contributed by atoms with van der Waals surface area (Å²) in [7, 11) is 2.20. The van der Waals surface area contributed by atoms with Crippen molar-refractivity contribution in [3.8, 4) is 0 Å². The summed E-state index contributed by atoms with van der Waals surface area (Å²) in [6.07, 6.45) is 6.87. The third kappa shape index (κ3) is 6.68. The number of halogens is 1. The van der Waals surface area contributed by atoms with Crippen molar-refractivity contribution in [3.63, 3.8) is 0 Å². The summed E-state index contributed by atoms with van der Waals surface area (Å²) in [6, 6.07) is 5.70. The lowest BCUT2D eigenvalue weighted by molar-refractivity contribution is -0.134. The third-order valence-electron chi connectivity index (χ3n) is 6.12. The van der Waals surface area contributed by atoms with Crippen molar-refractivity contribution in [2.75, 3.05) is 33.2 Å². The minimum absolute atomic E-state index is 0.153. The van der Waals surface area contributed by atoms with Crippen LogP contribution in [-0.2, 0) is 9.59 Å². The van der Waals surface area contributed by atoms with E-state index in [0.29, 0.717) is 24.1 Å². The van der Waals surface area contributed by atoms with Gasteiger partial charge in [-0.2, -0.15) is 0 Å². The van der Waals surface area contributed by atoms with E-state index in [1.54, 1.807) is 23.9 Å². The van der Waals surface area contributed by atoms with E-state index in [1.165, 1.54) is 22.3 Å². The topological polar surface area (TPSA) is 81.1 Å². The van der Waals surface area contributed by atoms with Crippen molar-refractivity contribution < 1.29 is 24.2 Å². The number of aliphatic carboxylic acids is 2. The molecule has 1 saturated heterocycles. The first-order chi connectivity index (χ1) is 16.2. The lowest BCUT2D eigenvalue weighted by atomic mass is 9.80. The number of likely N-dealkylation sites (N-methyl/N-ethyl adjacent to an activating group) is 1. The normalized spacial score (nSPS) is 20.9. The van der Waals surface area contributed by atoms with E-state index in [1.807, 2.05) is 6.07 Å². The Morgan fingerprint density at radius 3 is 2.35 bits per heavy atom. The van der Waals surface area contributed by atoms with Crippen LogP contribution in [0.4, 0.5) is 4.39 Å². The molecule has 1 unspecified atom stereocenters. The van der Waals surface area contributed by atoms with Gasteiger partial charge in [-0.05, 0) is 65.3 Å². The van der Waals surface area contributed by atoms with Crippen LogP contribution >= 0.6 is 11.8 Å². The number of carboxylic acids is 2. The molecule has 4 rings (SSSR count). The molecule has 2 aliphatic heterocycles. The van der Waals surface area contributed by atoms with Gasteiger partial charge in [0.1, 0.15) is 5.82 Å². The Morgan fingerprint density at radius 1 is 1.12 bits per heavy atom. The van der Waals surface area contributed by atoms with Crippen LogP contribution in [0.3, 0.4) is 0 Å². The van der Waals surface area contributed by atoms with Crippen molar-refractivity contribution in [2.24, 2.45) is 5.92 Å². The van der Waals surface area contributed by atoms with Crippen LogP contribution in [0, 0.1) is 11.7 Å². The maximum absolute atomic E-state index is 13.8. The molecule has 0 radical (unpaired) electrons. The number of fused-ring (bicyclic) bond motifs is 2. The summed E-state index contributed by atoms with van der Waals surface area (Å²) in [5, 5.41) is 17.7. The number of thioether (sulfide) groups is 1. The SMILES string of the molecule is CC(C)C1=CC(N2CCN(C)CC2)CC2=C1C=CSc1cc(F)ccc12.O=C(O)/C=C\C(=O)O. The summed E-state index contributed by atoms with van der Waals surface area (Å²) in [5.41, 5.74) is 5.38. The average molecular weight is 487 g/mol. The molecule has 1 aliphatic carbocycles. The van der Waals surface area contributed by atoms with Crippen LogP contribution in [0.15, 0.2) is 64.0 Å². The molecule has 6 nitrogen and oxygen atoms in total. The predicted octanol–water partition coefficient (Wildman–Crippen LogP) is 4.51. The molecule has 1 atom stereocenters. The lowest BCUT2D eigenvalue weighted by Crippen LogP contribution is -2.49. The fourth-order valence-electron chi connectivity index (χ4n) is 4.35. The summed E-state index contributed by atoms with van der Waals surface area (Å²) in [5.74, 6) is -2.19. The molecule has 182 valence electrons. The monoisotopic (exact) mass is 486 g/mol. The van der Waals surface area contributed by atoms with Crippen molar-refractivity contribution in [1.29, 1.82) is 0 Å². The Bertz CT molecular complexity index is 1040. The third-order valence-corrected chi connectivity index (χ3v) is 6.98. The Hall–Kier alpha value is -2.68. The Labute approximate surface area is 204 Å². The summed E-state index contributed by atoms with van der Waals surface area (Å²) in [4.78, 5) is 25.2. The second-order valence-corrected chi connectivity index (χ2v) is 9.80. The molecule has 0 amide bonds. The molecule has 0 bridgehead atoms. The maximum atomic E-state index is 13.8. The number of hydrogen-bond donors (Lipinski definition) is 2. The van der Waals surface area contributed by atoms with E-state index in [0.717, 1.165) is 37.5 Å². The Kier molecular flexibility index (Phi) is 8.88. The number of allylic oxidation sites excluding steroid dienone is 3. The van der Waals surface area contributed by atoms with Gasteiger partial charge in [-0.25, -0.2) is 14.0 Å². The van der Waals surface area contributed by atoms with Gasteiger partial charge in [0.25, 0.3) is 0 Å². The van der Waals surface area contributed by atoms with Crippen LogP contribution in [-0.4, -0.2) is 71.2 Å². The summed E-state index contributed by atoms with van der Waals surface area (Å²) in [6.45, 7) is 9.05. The zero-order valence-corrected chi connectivity index (χ0v) is 20.5. The highest BCUT2D eigenvalue weighted by Gasteiger charge is 2.30. The van der Waals surface area contributed by atoms with Gasteiger partial charge in [0, 0.05) is 49.3 Å². The van der Waals surface area contributed by atoms with Gasteiger partial charge in [0.05, 0.1) is 0 Å². The first-order valence-corrected chi connectivity index (χ1v) is 12.2. The van der Waals surface area contributed by atoms with Gasteiger partial charge < -0.3 is 15.1 Å². The standard InChI is InChI=1S/C22H27FN2S.C4H4O4/c1-15(2)20-13-17(25-9-7-24(3)8-10-25)14-21-18(20)6-11-26-22-12-16(23)4-5-19(21)22;5-3(6)1-2-4(7)8/h4-6,11-13,15,17H,7-10,14H2,1-3H3;1-2H,(H,5,6)(H,7,8)/b;2-1-. The summed E-state index contributed by atoms with van der Waals surface area (Å²) < 4.78 is 13.8. The van der Waals surface area contributed by atoms with Gasteiger partial charge in [-0.3, -0.25) is 4.90 Å². The molecule has 8 heteroatoms. The van der Waals surface area contributed by atoms with Gasteiger partial charge in [0.2, 0.25) is 0 Å². The quantitative estimate of drug-likeness (QED) is 0.606. The molecule has 1 fully saturated rings. The maximum Gasteiger partial charge on any atom is 0.328 e. The lowest BCUT2D eigenvalue weighted by Gasteiger charge is -2.40. The van der Waals surface area contributed by atoms with Crippen molar-refractivity contribution >= 4 is 29.3 Å². The zero-order chi connectivity index (χ0) is 24.8. The minimum atomic E-state index is -1.26. The predicted molar refractivity (Wildman–Crippen MR) is 133 cm³/mol. The number of piperazine rings is 1. The summed E-state index contributed by atoms with van der Waals surface area (Å²) >= 11 is 1.63. The highest BCUT2D eigenvalue weighted by Crippen LogP contribution is 2.44. The van der Waals surface area contributed by atoms with Gasteiger partial charge in [-0.1, -0.05) is 37.8 Å². The highest BCUT2D eigenvalue weighted by molar-refractivity contribution is 8.02. The largest absolute Gasteiger partial charge is 0.478 e. The molecular formula is C26H31FN2O4S. The van der Waals surface area contributed by atoms with Crippen molar-refractivity contribution in [2.45, 2.75) is 31.2 Å². The van der Waals surface area contributed by atoms with E-state index < -0.39 is 11.9 Å². The van der Waals surface area contributed by atoms with Crippen LogP contribution in [0.1, 0.15) is 25.8 Å². The van der Waals surface area contributed by atoms with Crippen molar-refractivity contribution in [3.05, 3.63) is 70.4 Å². The molecule has 34 heavy (non-hydrogen) atoms. The number of hydrogen-bond acceptors (Lipinski definition) is 5. The zero-order valence-electron chi connectivity index (χ0n) is 19.7. The molecule has 0 aromatic heterocycles. The molecule has 3 aliphatic rings. The van der Waals surface area contributed by atoms with E-state index in [2.05, 4.69) is 48.3 Å². The molecule has 2 N–H and O–H groups in total. The van der Waals surface area contributed by atoms with E-state index in [-0.39, 0.29) is 5.82 Å². The Morgan fingerprint density at radius 2 is 1.76 bits per heavy atom. The van der Waals surface area contributed by atoms with E-state index >= 15 is 0 Å². The van der Waals surface area contributed by atoms with Crippen LogP contribution in [0.25, 0.3) is 5.57 Å². The molecule has 2 heterocycles. The number of carboxylic acid groups (broad SMARTS) is 2. The number of rotatable bonds is 4. The number of nitrogens with zero attached hydrogens (tertiary/aromatic N) is 2. The molecular weight excluding hydrogens is 455 g/mol. The van der Waals surface area contributed by atoms with Crippen LogP contribution in [0.2, 0.25) is 0 Å². The first-order valence-electron chi connectivity index (χ1n) is 11.3. The average Bonchev–Trinajstić information content (AvgIpc) is 2.96. The smallest absolute Gasteiger partial charge is 0.328 e. The molecule has 1 aromatic carbocycles. The second kappa shape index (κ2) is 11.6. The first kappa shape index (κ1) is 25.9. The highest BCUT2D eigenvalue weighted by atomic mass is 32.2. The Balaban J connectivity index is 0.000000350. The fraction of sp³-hybridized carbons (Fsp3) is 0.385. The van der Waals surface area contributed by atoms with Crippen LogP contribution < -0.4 is 0 Å². The molecule has 1 aromatic rings. The fourth-order valence-corrected chi connectivity index (χ4v) is 5.20. The molecule has 0 saturated carbocycles. The van der Waals surface area contributed by atoms with Crippen LogP contribution in [0.5, 0.6) is 0 Å². The second-order valence-electron chi connectivity index (χ2n) is 8.85. The van der Waals surface area contributed by atoms with Gasteiger partial charge in [0.15, 0.2) is 0 Å². The molecule has 0 spiro atoms.